The Morgan fingerprint density at radius 1 is 1.40 bits per heavy atom. The summed E-state index contributed by atoms with van der Waals surface area (Å²) in [5, 5.41) is 0. The summed E-state index contributed by atoms with van der Waals surface area (Å²) in [7, 11) is -0.459. The molecule has 0 aromatic rings. The van der Waals surface area contributed by atoms with E-state index in [4.69, 9.17) is 39.2 Å². The van der Waals surface area contributed by atoms with E-state index in [1.54, 1.807) is 0 Å². The van der Waals surface area contributed by atoms with Crippen LogP contribution in [0, 0.1) is 0 Å². The predicted octanol–water partition coefficient (Wildman–Crippen LogP) is 1.94. The van der Waals surface area contributed by atoms with Crippen molar-refractivity contribution >= 4 is 44.6 Å². The maximum Gasteiger partial charge on any atom is 0.163 e. The van der Waals surface area contributed by atoms with E-state index in [1.807, 2.05) is 0 Å². The zero-order chi connectivity index (χ0) is 7.82. The standard InChI is InChI=1S/C5H11Cl3OSi/c6-2-1-3-10-9-5(8)4-7/h5H,1-4,10H2. The van der Waals surface area contributed by atoms with E-state index in [2.05, 4.69) is 0 Å². The molecule has 62 valence electrons. The number of rotatable bonds is 6. The molecule has 10 heavy (non-hydrogen) atoms. The molecule has 0 aliphatic rings. The molecule has 0 fully saturated rings. The third-order valence-corrected chi connectivity index (χ3v) is 3.57. The average Bonchev–Trinajstić information content (AvgIpc) is 1.98. The lowest BCUT2D eigenvalue weighted by Gasteiger charge is -2.05. The molecular formula is C5H11Cl3OSi. The fourth-order valence-corrected chi connectivity index (χ4v) is 2.46. The lowest BCUT2D eigenvalue weighted by Crippen LogP contribution is -2.10. The van der Waals surface area contributed by atoms with Crippen LogP contribution in [0.5, 0.6) is 0 Å². The van der Waals surface area contributed by atoms with Crippen LogP contribution in [0.15, 0.2) is 0 Å². The van der Waals surface area contributed by atoms with Gasteiger partial charge in [-0.3, -0.25) is 0 Å². The second kappa shape index (κ2) is 8.15. The molecule has 0 aromatic carbocycles. The van der Waals surface area contributed by atoms with Crippen molar-refractivity contribution in [3.63, 3.8) is 0 Å². The lowest BCUT2D eigenvalue weighted by molar-refractivity contribution is 0.321. The summed E-state index contributed by atoms with van der Waals surface area (Å²) < 4.78 is 5.21. The second-order valence-electron chi connectivity index (χ2n) is 1.83. The third kappa shape index (κ3) is 7.16. The van der Waals surface area contributed by atoms with Crippen LogP contribution in [0.3, 0.4) is 0 Å². The zero-order valence-corrected chi connectivity index (χ0v) is 9.34. The summed E-state index contributed by atoms with van der Waals surface area (Å²) in [5.41, 5.74) is -0.288. The smallest absolute Gasteiger partial charge is 0.163 e. The van der Waals surface area contributed by atoms with Crippen molar-refractivity contribution in [3.8, 4) is 0 Å². The largest absolute Gasteiger partial charge is 0.407 e. The Kier molecular flexibility index (Phi) is 9.00. The first-order chi connectivity index (χ1) is 4.81. The fourth-order valence-electron chi connectivity index (χ4n) is 0.452. The molecule has 1 atom stereocenters. The minimum absolute atomic E-state index is 0.288. The van der Waals surface area contributed by atoms with Crippen molar-refractivity contribution in [3.05, 3.63) is 0 Å². The van der Waals surface area contributed by atoms with Gasteiger partial charge >= 0.3 is 0 Å². The van der Waals surface area contributed by atoms with Gasteiger partial charge < -0.3 is 4.43 Å². The molecule has 0 aliphatic carbocycles. The highest BCUT2D eigenvalue weighted by molar-refractivity contribution is 6.32. The Morgan fingerprint density at radius 3 is 2.60 bits per heavy atom. The zero-order valence-electron chi connectivity index (χ0n) is 5.66. The minimum Gasteiger partial charge on any atom is -0.407 e. The van der Waals surface area contributed by atoms with Gasteiger partial charge in [0, 0.05) is 5.88 Å². The minimum atomic E-state index is -0.459. The van der Waals surface area contributed by atoms with Gasteiger partial charge in [-0.05, 0) is 12.5 Å². The quantitative estimate of drug-likeness (QED) is 0.378. The van der Waals surface area contributed by atoms with Gasteiger partial charge in [-0.15, -0.1) is 23.2 Å². The van der Waals surface area contributed by atoms with Gasteiger partial charge in [-0.25, -0.2) is 0 Å². The van der Waals surface area contributed by atoms with Crippen molar-refractivity contribution in [2.24, 2.45) is 0 Å². The van der Waals surface area contributed by atoms with Crippen LogP contribution >= 0.6 is 34.8 Å². The van der Waals surface area contributed by atoms with Gasteiger partial charge in [0.25, 0.3) is 0 Å². The summed E-state index contributed by atoms with van der Waals surface area (Å²) >= 11 is 16.5. The van der Waals surface area contributed by atoms with Crippen LogP contribution in [0.4, 0.5) is 0 Å². The molecule has 1 unspecified atom stereocenters. The third-order valence-electron chi connectivity index (χ3n) is 0.948. The van der Waals surface area contributed by atoms with Crippen molar-refractivity contribution < 1.29 is 4.43 Å². The SMILES string of the molecule is ClCCC[SiH2]OC(Cl)CCl. The first-order valence-corrected chi connectivity index (χ1v) is 6.27. The van der Waals surface area contributed by atoms with Gasteiger partial charge in [0.1, 0.15) is 5.56 Å². The molecule has 0 aliphatic heterocycles. The Balaban J connectivity index is 2.89. The first kappa shape index (κ1) is 11.0. The monoisotopic (exact) mass is 220 g/mol. The van der Waals surface area contributed by atoms with E-state index in [1.165, 1.54) is 0 Å². The summed E-state index contributed by atoms with van der Waals surface area (Å²) in [5.74, 6) is 1.08. The summed E-state index contributed by atoms with van der Waals surface area (Å²) in [6.45, 7) is 0. The molecule has 0 bridgehead atoms. The van der Waals surface area contributed by atoms with Crippen molar-refractivity contribution in [1.29, 1.82) is 0 Å². The molecule has 0 spiro atoms. The maximum absolute atomic E-state index is 5.59. The summed E-state index contributed by atoms with van der Waals surface area (Å²) in [6.07, 6.45) is 1.03. The van der Waals surface area contributed by atoms with E-state index in [9.17, 15) is 0 Å². The lowest BCUT2D eigenvalue weighted by atomic mass is 10.6. The number of hydrogen-bond donors (Lipinski definition) is 0. The predicted molar refractivity (Wildman–Crippen MR) is 50.1 cm³/mol. The van der Waals surface area contributed by atoms with Crippen LogP contribution in [-0.4, -0.2) is 27.1 Å². The highest BCUT2D eigenvalue weighted by atomic mass is 35.5. The van der Waals surface area contributed by atoms with E-state index in [0.29, 0.717) is 11.8 Å². The van der Waals surface area contributed by atoms with E-state index in [0.717, 1.165) is 12.5 Å². The van der Waals surface area contributed by atoms with Gasteiger partial charge in [0.05, 0.1) is 5.88 Å². The number of hydrogen-bond acceptors (Lipinski definition) is 1. The molecular weight excluding hydrogens is 210 g/mol. The molecule has 0 saturated heterocycles. The number of halogens is 3. The molecule has 0 N–H and O–H groups in total. The first-order valence-electron chi connectivity index (χ1n) is 3.19. The Hall–Kier alpha value is 1.05. The normalized spacial score (nSPS) is 14.7. The molecule has 1 nitrogen and oxygen atoms in total. The Morgan fingerprint density at radius 2 is 2.10 bits per heavy atom. The fraction of sp³-hybridized carbons (Fsp3) is 1.00. The van der Waals surface area contributed by atoms with Crippen molar-refractivity contribution in [2.75, 3.05) is 11.8 Å². The second-order valence-corrected chi connectivity index (χ2v) is 4.45. The highest BCUT2D eigenvalue weighted by Crippen LogP contribution is 2.01. The Bertz CT molecular complexity index is 73.9. The van der Waals surface area contributed by atoms with Gasteiger partial charge in [0.2, 0.25) is 0 Å². The summed E-state index contributed by atoms with van der Waals surface area (Å²) in [4.78, 5) is 0. The molecule has 0 saturated carbocycles. The van der Waals surface area contributed by atoms with Crippen LogP contribution < -0.4 is 0 Å². The van der Waals surface area contributed by atoms with Crippen LogP contribution in [0.2, 0.25) is 6.04 Å². The van der Waals surface area contributed by atoms with Gasteiger partial charge in [-0.2, -0.15) is 0 Å². The molecule has 0 aromatic heterocycles. The van der Waals surface area contributed by atoms with E-state index < -0.39 is 9.76 Å². The molecule has 5 heteroatoms. The van der Waals surface area contributed by atoms with Crippen LogP contribution in [0.1, 0.15) is 6.42 Å². The van der Waals surface area contributed by atoms with Crippen LogP contribution in [-0.2, 0) is 4.43 Å². The maximum atomic E-state index is 5.59. The van der Waals surface area contributed by atoms with Crippen molar-refractivity contribution in [1.82, 2.24) is 0 Å². The number of alkyl halides is 3. The van der Waals surface area contributed by atoms with E-state index in [-0.39, 0.29) is 5.56 Å². The summed E-state index contributed by atoms with van der Waals surface area (Å²) in [6, 6.07) is 1.09. The van der Waals surface area contributed by atoms with Gasteiger partial charge in [-0.1, -0.05) is 11.6 Å². The molecule has 0 amide bonds. The van der Waals surface area contributed by atoms with E-state index >= 15 is 0 Å². The molecule has 0 rings (SSSR count). The van der Waals surface area contributed by atoms with Crippen molar-refractivity contribution in [2.45, 2.75) is 18.0 Å². The average molecular weight is 222 g/mol. The van der Waals surface area contributed by atoms with Crippen LogP contribution in [0.25, 0.3) is 0 Å². The Labute approximate surface area is 78.9 Å². The molecule has 0 heterocycles. The highest BCUT2D eigenvalue weighted by Gasteiger charge is 2.00. The van der Waals surface area contributed by atoms with Gasteiger partial charge in [0.15, 0.2) is 9.76 Å². The topological polar surface area (TPSA) is 9.23 Å². The molecule has 0 radical (unpaired) electrons.